The van der Waals surface area contributed by atoms with E-state index in [1.807, 2.05) is 4.90 Å². The molecule has 7 heteroatoms. The van der Waals surface area contributed by atoms with Crippen molar-refractivity contribution in [2.24, 2.45) is 11.1 Å². The van der Waals surface area contributed by atoms with E-state index in [0.717, 1.165) is 23.1 Å². The van der Waals surface area contributed by atoms with Crippen LogP contribution in [0.4, 0.5) is 0 Å². The Morgan fingerprint density at radius 1 is 1.60 bits per heavy atom. The molecule has 0 aliphatic carbocycles. The van der Waals surface area contributed by atoms with Gasteiger partial charge in [0, 0.05) is 13.1 Å². The van der Waals surface area contributed by atoms with Gasteiger partial charge < -0.3 is 10.6 Å². The lowest BCUT2D eigenvalue weighted by Crippen LogP contribution is -2.34. The van der Waals surface area contributed by atoms with Gasteiger partial charge in [-0.05, 0) is 40.2 Å². The highest BCUT2D eigenvalue weighted by Gasteiger charge is 2.36. The smallest absolute Gasteiger partial charge is 0.275 e. The predicted octanol–water partition coefficient (Wildman–Crippen LogP) is 2.53. The molecule has 1 aromatic heterocycles. The van der Waals surface area contributed by atoms with Crippen LogP contribution in [-0.2, 0) is 0 Å². The van der Waals surface area contributed by atoms with Crippen LogP contribution in [0.5, 0.6) is 0 Å². The Morgan fingerprint density at radius 3 is 2.70 bits per heavy atom. The summed E-state index contributed by atoms with van der Waals surface area (Å²) in [6.07, 6.45) is 0.953. The van der Waals surface area contributed by atoms with Crippen LogP contribution in [0, 0.1) is 5.41 Å². The third-order valence-corrected chi connectivity index (χ3v) is 4.65. The summed E-state index contributed by atoms with van der Waals surface area (Å²) in [5.74, 6) is 0.281. The zero-order chi connectivity index (χ0) is 14.2. The Hall–Kier alpha value is -0.590. The average Bonchev–Trinajstić information content (AvgIpc) is 2.93. The number of nitrogens with one attached hydrogen (secondary N) is 1. The van der Waals surface area contributed by atoms with Crippen LogP contribution < -0.4 is 5.73 Å². The first kappa shape index (κ1) is 17.5. The van der Waals surface area contributed by atoms with Crippen LogP contribution in [0.2, 0.25) is 0 Å². The van der Waals surface area contributed by atoms with Crippen LogP contribution in [-0.4, -0.2) is 40.6 Å². The highest BCUT2D eigenvalue weighted by atomic mass is 79.9. The number of nitrogens with two attached hydrogens (primary N) is 1. The highest BCUT2D eigenvalue weighted by molar-refractivity contribution is 9.10. The Morgan fingerprint density at radius 2 is 2.25 bits per heavy atom. The lowest BCUT2D eigenvalue weighted by molar-refractivity contribution is 0.0770. The quantitative estimate of drug-likeness (QED) is 0.864. The second kappa shape index (κ2) is 6.45. The van der Waals surface area contributed by atoms with Gasteiger partial charge >= 0.3 is 0 Å². The van der Waals surface area contributed by atoms with Gasteiger partial charge in [-0.3, -0.25) is 9.89 Å². The number of hydrogen-bond donors (Lipinski definition) is 2. The normalized spacial score (nSPS) is 22.2. The fraction of sp³-hybridized carbons (Fsp3) is 0.692. The number of rotatable bonds is 3. The molecule has 114 valence electrons. The van der Waals surface area contributed by atoms with E-state index in [9.17, 15) is 4.79 Å². The monoisotopic (exact) mass is 364 g/mol. The lowest BCUT2D eigenvalue weighted by Gasteiger charge is -2.22. The summed E-state index contributed by atoms with van der Waals surface area (Å²) in [4.78, 5) is 14.3. The fourth-order valence-electron chi connectivity index (χ4n) is 2.38. The van der Waals surface area contributed by atoms with Crippen molar-refractivity contribution in [1.82, 2.24) is 15.1 Å². The van der Waals surface area contributed by atoms with Crippen molar-refractivity contribution in [2.45, 2.75) is 33.1 Å². The maximum absolute atomic E-state index is 12.5. The maximum atomic E-state index is 12.5. The van der Waals surface area contributed by atoms with Gasteiger partial charge in [0.2, 0.25) is 0 Å². The van der Waals surface area contributed by atoms with Crippen molar-refractivity contribution in [3.63, 3.8) is 0 Å². The maximum Gasteiger partial charge on any atom is 0.275 e. The lowest BCUT2D eigenvalue weighted by atomic mass is 9.90. The van der Waals surface area contributed by atoms with Crippen molar-refractivity contribution in [2.75, 3.05) is 19.6 Å². The minimum absolute atomic E-state index is 0. The summed E-state index contributed by atoms with van der Waals surface area (Å²) in [5, 5.41) is 7.10. The molecule has 0 spiro atoms. The summed E-state index contributed by atoms with van der Waals surface area (Å²) < 4.78 is 0.786. The van der Waals surface area contributed by atoms with E-state index < -0.39 is 0 Å². The van der Waals surface area contributed by atoms with Crippen LogP contribution >= 0.6 is 28.3 Å². The summed E-state index contributed by atoms with van der Waals surface area (Å²) in [6.45, 7) is 8.32. The number of nitrogens with zero attached hydrogens (tertiary/aromatic N) is 2. The van der Waals surface area contributed by atoms with Crippen molar-refractivity contribution >= 4 is 34.2 Å². The van der Waals surface area contributed by atoms with E-state index in [4.69, 9.17) is 5.73 Å². The first-order valence-corrected chi connectivity index (χ1v) is 7.40. The molecule has 2 rings (SSSR count). The minimum atomic E-state index is -0.0211. The van der Waals surface area contributed by atoms with Gasteiger partial charge in [0.05, 0.1) is 10.2 Å². The molecule has 0 radical (unpaired) electrons. The van der Waals surface area contributed by atoms with Crippen molar-refractivity contribution in [3.05, 3.63) is 15.9 Å². The molecule has 0 bridgehead atoms. The van der Waals surface area contributed by atoms with Crippen molar-refractivity contribution < 1.29 is 4.79 Å². The van der Waals surface area contributed by atoms with E-state index >= 15 is 0 Å². The number of aromatic amines is 1. The molecule has 1 aliphatic heterocycles. The molecule has 20 heavy (non-hydrogen) atoms. The number of H-pyrrole nitrogens is 1. The van der Waals surface area contributed by atoms with Crippen LogP contribution in [0.3, 0.4) is 0 Å². The number of likely N-dealkylation sites (tertiary alicyclic amines) is 1. The standard InChI is InChI=1S/C13H21BrN4O.ClH/c1-8(2)10-9(14)11(17-16-10)12(19)18-5-4-13(3,6-15)7-18;/h8H,4-7,15H2,1-3H3,(H,16,17);1H. The molecular formula is C13H22BrClN4O. The van der Waals surface area contributed by atoms with Gasteiger partial charge in [-0.2, -0.15) is 5.10 Å². The molecule has 1 atom stereocenters. The molecule has 1 unspecified atom stereocenters. The molecule has 2 heterocycles. The molecule has 1 amide bonds. The Balaban J connectivity index is 0.00000200. The fourth-order valence-corrected chi connectivity index (χ4v) is 3.18. The third kappa shape index (κ3) is 3.18. The van der Waals surface area contributed by atoms with Gasteiger partial charge in [-0.25, -0.2) is 0 Å². The Kier molecular flexibility index (Phi) is 5.63. The summed E-state index contributed by atoms with van der Waals surface area (Å²) >= 11 is 3.48. The summed E-state index contributed by atoms with van der Waals surface area (Å²) in [7, 11) is 0. The number of aromatic nitrogens is 2. The van der Waals surface area contributed by atoms with Gasteiger partial charge in [-0.15, -0.1) is 12.4 Å². The Bertz CT molecular complexity index is 491. The van der Waals surface area contributed by atoms with Crippen LogP contribution in [0.1, 0.15) is 49.3 Å². The van der Waals surface area contributed by atoms with E-state index in [0.29, 0.717) is 24.7 Å². The number of carbonyl (C=O) groups excluding carboxylic acids is 1. The van der Waals surface area contributed by atoms with E-state index in [-0.39, 0.29) is 23.7 Å². The van der Waals surface area contributed by atoms with Crippen molar-refractivity contribution in [1.29, 1.82) is 0 Å². The number of halogens is 2. The molecule has 5 nitrogen and oxygen atoms in total. The van der Waals surface area contributed by atoms with E-state index in [1.54, 1.807) is 0 Å². The SMILES string of the molecule is CC(C)c1[nH]nc(C(=O)N2CCC(C)(CN)C2)c1Br.Cl. The molecule has 1 aliphatic rings. The van der Waals surface area contributed by atoms with E-state index in [2.05, 4.69) is 46.9 Å². The zero-order valence-corrected chi connectivity index (χ0v) is 14.5. The first-order chi connectivity index (χ1) is 8.88. The second-order valence-corrected chi connectivity index (χ2v) is 6.74. The molecule has 1 saturated heterocycles. The van der Waals surface area contributed by atoms with Gasteiger partial charge in [0.1, 0.15) is 0 Å². The predicted molar refractivity (Wildman–Crippen MR) is 85.3 cm³/mol. The van der Waals surface area contributed by atoms with Gasteiger partial charge in [-0.1, -0.05) is 20.8 Å². The van der Waals surface area contributed by atoms with Gasteiger partial charge in [0.15, 0.2) is 5.69 Å². The van der Waals surface area contributed by atoms with Crippen molar-refractivity contribution in [3.8, 4) is 0 Å². The first-order valence-electron chi connectivity index (χ1n) is 6.61. The number of amides is 1. The number of carbonyl (C=O) groups is 1. The summed E-state index contributed by atoms with van der Waals surface area (Å²) in [6, 6.07) is 0. The van der Waals surface area contributed by atoms with Crippen LogP contribution in [0.15, 0.2) is 4.47 Å². The highest BCUT2D eigenvalue weighted by Crippen LogP contribution is 2.31. The second-order valence-electron chi connectivity index (χ2n) is 5.95. The molecular weight excluding hydrogens is 344 g/mol. The molecule has 0 aromatic carbocycles. The third-order valence-electron chi connectivity index (χ3n) is 3.85. The topological polar surface area (TPSA) is 75.0 Å². The molecule has 1 fully saturated rings. The molecule has 3 N–H and O–H groups in total. The van der Waals surface area contributed by atoms with E-state index in [1.165, 1.54) is 0 Å². The average molecular weight is 366 g/mol. The Labute approximate surface area is 134 Å². The molecule has 0 saturated carbocycles. The molecule has 1 aromatic rings. The zero-order valence-electron chi connectivity index (χ0n) is 12.1. The van der Waals surface area contributed by atoms with Crippen LogP contribution in [0.25, 0.3) is 0 Å². The number of hydrogen-bond acceptors (Lipinski definition) is 3. The summed E-state index contributed by atoms with van der Waals surface area (Å²) in [5.41, 5.74) is 7.25. The van der Waals surface area contributed by atoms with Gasteiger partial charge in [0.25, 0.3) is 5.91 Å². The minimum Gasteiger partial charge on any atom is -0.337 e. The largest absolute Gasteiger partial charge is 0.337 e.